The van der Waals surface area contributed by atoms with Crippen molar-refractivity contribution in [3.63, 3.8) is 0 Å². The number of carbonyl (C=O) groups is 1. The van der Waals surface area contributed by atoms with Crippen molar-refractivity contribution in [3.05, 3.63) is 29.5 Å². The molecule has 4 nitrogen and oxygen atoms in total. The van der Waals surface area contributed by atoms with Crippen LogP contribution in [0.3, 0.4) is 0 Å². The highest BCUT2D eigenvalue weighted by molar-refractivity contribution is 5.92. The second-order valence-corrected chi connectivity index (χ2v) is 4.96. The Bertz CT molecular complexity index is 638. The zero-order chi connectivity index (χ0) is 12.9. The number of carboxylic acid groups (broad SMARTS) is 1. The lowest BCUT2D eigenvalue weighted by Crippen LogP contribution is -2.19. The number of rotatable bonds is 3. The average Bonchev–Trinajstić information content (AvgIpc) is 3.09. The van der Waals surface area contributed by atoms with Crippen molar-refractivity contribution >= 4 is 16.9 Å². The Kier molecular flexibility index (Phi) is 2.17. The Morgan fingerprint density at radius 1 is 1.44 bits per heavy atom. The molecule has 0 radical (unpaired) electrons. The highest BCUT2D eigenvalue weighted by atomic mass is 16.5. The van der Waals surface area contributed by atoms with Crippen molar-refractivity contribution in [1.29, 1.82) is 0 Å². The summed E-state index contributed by atoms with van der Waals surface area (Å²) in [6, 6.07) is 3.82. The second kappa shape index (κ2) is 3.51. The lowest BCUT2D eigenvalue weighted by molar-refractivity contribution is -0.140. The van der Waals surface area contributed by atoms with Crippen LogP contribution in [0.1, 0.15) is 24.0 Å². The van der Waals surface area contributed by atoms with E-state index >= 15 is 0 Å². The van der Waals surface area contributed by atoms with Crippen molar-refractivity contribution in [3.8, 4) is 5.75 Å². The molecule has 1 aliphatic carbocycles. The first kappa shape index (κ1) is 11.1. The summed E-state index contributed by atoms with van der Waals surface area (Å²) in [6.07, 6.45) is 3.33. The molecule has 2 N–H and O–H groups in total. The molecule has 3 rings (SSSR count). The number of H-pyrrole nitrogens is 1. The minimum Gasteiger partial charge on any atom is -0.495 e. The number of aryl methyl sites for hydroxylation is 1. The molecule has 0 atom stereocenters. The van der Waals surface area contributed by atoms with Gasteiger partial charge in [0.25, 0.3) is 0 Å². The number of aromatic nitrogens is 1. The van der Waals surface area contributed by atoms with Crippen LogP contribution in [0.2, 0.25) is 0 Å². The average molecular weight is 245 g/mol. The number of fused-ring (bicyclic) bond motifs is 1. The van der Waals surface area contributed by atoms with Crippen LogP contribution < -0.4 is 4.74 Å². The molecule has 0 amide bonds. The maximum atomic E-state index is 11.4. The van der Waals surface area contributed by atoms with Crippen molar-refractivity contribution in [2.24, 2.45) is 0 Å². The van der Waals surface area contributed by atoms with E-state index < -0.39 is 11.4 Å². The van der Waals surface area contributed by atoms with Crippen LogP contribution in [-0.2, 0) is 10.2 Å². The van der Waals surface area contributed by atoms with Crippen LogP contribution in [-0.4, -0.2) is 23.2 Å². The summed E-state index contributed by atoms with van der Waals surface area (Å²) in [5, 5.41) is 10.4. The molecule has 4 heteroatoms. The van der Waals surface area contributed by atoms with Crippen LogP contribution in [0.5, 0.6) is 5.75 Å². The van der Waals surface area contributed by atoms with Gasteiger partial charge in [0.05, 0.1) is 18.0 Å². The molecule has 18 heavy (non-hydrogen) atoms. The first-order valence-electron chi connectivity index (χ1n) is 5.98. The number of benzene rings is 1. The van der Waals surface area contributed by atoms with E-state index in [9.17, 15) is 9.90 Å². The first-order valence-corrected chi connectivity index (χ1v) is 5.98. The van der Waals surface area contributed by atoms with E-state index in [1.165, 1.54) is 0 Å². The molecule has 0 aliphatic heterocycles. The van der Waals surface area contributed by atoms with Gasteiger partial charge in [0.15, 0.2) is 0 Å². The first-order chi connectivity index (χ1) is 8.58. The summed E-state index contributed by atoms with van der Waals surface area (Å²) in [5.41, 5.74) is 2.19. The maximum Gasteiger partial charge on any atom is 0.314 e. The summed E-state index contributed by atoms with van der Waals surface area (Å²) in [5.74, 6) is -0.0276. The molecular weight excluding hydrogens is 230 g/mol. The van der Waals surface area contributed by atoms with E-state index in [0.29, 0.717) is 18.6 Å². The number of aliphatic carboxylic acids is 1. The normalized spacial score (nSPS) is 16.8. The number of carboxylic acids is 1. The van der Waals surface area contributed by atoms with Gasteiger partial charge in [-0.15, -0.1) is 0 Å². The number of ether oxygens (including phenoxy) is 1. The van der Waals surface area contributed by atoms with Crippen molar-refractivity contribution in [2.75, 3.05) is 7.11 Å². The van der Waals surface area contributed by atoms with Crippen LogP contribution >= 0.6 is 0 Å². The minimum atomic E-state index is -0.739. The molecule has 2 aromatic rings. The quantitative estimate of drug-likeness (QED) is 0.873. The van der Waals surface area contributed by atoms with Gasteiger partial charge in [-0.1, -0.05) is 0 Å². The second-order valence-electron chi connectivity index (χ2n) is 4.96. The lowest BCUT2D eigenvalue weighted by atomic mass is 9.94. The Morgan fingerprint density at radius 3 is 2.72 bits per heavy atom. The molecule has 1 fully saturated rings. The summed E-state index contributed by atoms with van der Waals surface area (Å²) in [6.45, 7) is 2.00. The molecule has 1 saturated carbocycles. The van der Waals surface area contributed by atoms with E-state index in [2.05, 4.69) is 4.98 Å². The predicted octanol–water partition coefficient (Wildman–Crippen LogP) is 2.60. The fourth-order valence-corrected chi connectivity index (χ4v) is 2.52. The Morgan fingerprint density at radius 2 is 2.17 bits per heavy atom. The number of hydrogen-bond acceptors (Lipinski definition) is 2. The topological polar surface area (TPSA) is 62.3 Å². The summed E-state index contributed by atoms with van der Waals surface area (Å²) < 4.78 is 5.36. The Labute approximate surface area is 105 Å². The van der Waals surface area contributed by atoms with Gasteiger partial charge >= 0.3 is 5.97 Å². The molecule has 0 bridgehead atoms. The van der Waals surface area contributed by atoms with Gasteiger partial charge in [-0.05, 0) is 43.0 Å². The zero-order valence-electron chi connectivity index (χ0n) is 10.4. The van der Waals surface area contributed by atoms with Crippen molar-refractivity contribution < 1.29 is 14.6 Å². The summed E-state index contributed by atoms with van der Waals surface area (Å²) >= 11 is 0. The molecule has 0 saturated heterocycles. The number of hydrogen-bond donors (Lipinski definition) is 2. The number of nitrogens with one attached hydrogen (secondary N) is 1. The Hall–Kier alpha value is -1.97. The van der Waals surface area contributed by atoms with Gasteiger partial charge < -0.3 is 14.8 Å². The monoisotopic (exact) mass is 245 g/mol. The van der Waals surface area contributed by atoms with Crippen LogP contribution in [0.25, 0.3) is 10.9 Å². The zero-order valence-corrected chi connectivity index (χ0v) is 10.4. The van der Waals surface area contributed by atoms with Crippen molar-refractivity contribution in [1.82, 2.24) is 4.98 Å². The van der Waals surface area contributed by atoms with Crippen LogP contribution in [0.15, 0.2) is 18.3 Å². The van der Waals surface area contributed by atoms with Gasteiger partial charge in [-0.25, -0.2) is 0 Å². The fourth-order valence-electron chi connectivity index (χ4n) is 2.52. The molecule has 1 aromatic carbocycles. The molecule has 1 heterocycles. The third-order valence-electron chi connectivity index (χ3n) is 3.89. The molecule has 0 spiro atoms. The van der Waals surface area contributed by atoms with Crippen LogP contribution in [0.4, 0.5) is 0 Å². The van der Waals surface area contributed by atoms with E-state index in [1.807, 2.05) is 25.3 Å². The Balaban J connectivity index is 2.25. The minimum absolute atomic E-state index is 0.689. The van der Waals surface area contributed by atoms with Gasteiger partial charge in [0.1, 0.15) is 5.75 Å². The molecule has 1 aliphatic rings. The SMILES string of the molecule is COc1cc(C2(C(=O)O)CC2)cc2c(C)c[nH]c12. The van der Waals surface area contributed by atoms with Gasteiger partial charge in [-0.3, -0.25) is 4.79 Å². The number of aromatic amines is 1. The van der Waals surface area contributed by atoms with Gasteiger partial charge in [0.2, 0.25) is 0 Å². The summed E-state index contributed by atoms with van der Waals surface area (Å²) in [7, 11) is 1.61. The molecule has 1 aromatic heterocycles. The van der Waals surface area contributed by atoms with Crippen LogP contribution in [0, 0.1) is 6.92 Å². The molecular formula is C14H15NO3. The highest BCUT2D eigenvalue weighted by Crippen LogP contribution is 2.50. The fraction of sp³-hybridized carbons (Fsp3) is 0.357. The van der Waals surface area contributed by atoms with E-state index in [4.69, 9.17) is 4.74 Å². The third-order valence-corrected chi connectivity index (χ3v) is 3.89. The lowest BCUT2D eigenvalue weighted by Gasteiger charge is -2.13. The molecule has 0 unspecified atom stereocenters. The summed E-state index contributed by atoms with van der Waals surface area (Å²) in [4.78, 5) is 14.6. The van der Waals surface area contributed by atoms with E-state index in [-0.39, 0.29) is 0 Å². The maximum absolute atomic E-state index is 11.4. The van der Waals surface area contributed by atoms with Crippen molar-refractivity contribution in [2.45, 2.75) is 25.2 Å². The number of methoxy groups -OCH3 is 1. The highest BCUT2D eigenvalue weighted by Gasteiger charge is 2.52. The van der Waals surface area contributed by atoms with Gasteiger partial charge in [0, 0.05) is 11.6 Å². The van der Waals surface area contributed by atoms with Gasteiger partial charge in [-0.2, -0.15) is 0 Å². The predicted molar refractivity (Wildman–Crippen MR) is 68.1 cm³/mol. The van der Waals surface area contributed by atoms with E-state index in [1.54, 1.807) is 7.11 Å². The van der Waals surface area contributed by atoms with E-state index in [0.717, 1.165) is 22.0 Å². The standard InChI is InChI=1S/C14H15NO3/c1-8-7-15-12-10(8)5-9(6-11(12)18-2)14(3-4-14)13(16)17/h5-7,15H,3-4H2,1-2H3,(H,16,17). The largest absolute Gasteiger partial charge is 0.495 e. The smallest absolute Gasteiger partial charge is 0.314 e. The molecule has 94 valence electrons. The third kappa shape index (κ3) is 1.35.